The van der Waals surface area contributed by atoms with E-state index in [1.165, 1.54) is 5.56 Å². The van der Waals surface area contributed by atoms with E-state index in [0.717, 1.165) is 27.8 Å². The van der Waals surface area contributed by atoms with Crippen molar-refractivity contribution >= 4 is 24.1 Å². The highest BCUT2D eigenvalue weighted by molar-refractivity contribution is 5.99. The standard InChI is InChI=1S/C27H27N3O2/c1-18-5-11-24(13-20(18)3)26(31)17-28-15-22-7-9-23(10-8-22)16-29-30-27(32)25-12-6-19(2)21(4)14-25/h5-16H,17H2,1-4H3,(H,30,32)/b28-15?,29-16-. The van der Waals surface area contributed by atoms with E-state index in [2.05, 4.69) is 15.5 Å². The lowest BCUT2D eigenvalue weighted by Crippen LogP contribution is -2.17. The molecular formula is C27H27N3O2. The Balaban J connectivity index is 1.52. The number of nitrogens with one attached hydrogen (secondary N) is 1. The summed E-state index contributed by atoms with van der Waals surface area (Å²) in [5.74, 6) is -0.255. The van der Waals surface area contributed by atoms with Crippen LogP contribution in [0.25, 0.3) is 0 Å². The lowest BCUT2D eigenvalue weighted by molar-refractivity contribution is 0.0953. The third kappa shape index (κ3) is 6.08. The molecule has 0 atom stereocenters. The maximum absolute atomic E-state index is 12.3. The summed E-state index contributed by atoms with van der Waals surface area (Å²) in [6.45, 7) is 8.10. The van der Waals surface area contributed by atoms with E-state index in [1.807, 2.05) is 82.3 Å². The minimum Gasteiger partial charge on any atom is -0.292 e. The summed E-state index contributed by atoms with van der Waals surface area (Å²) >= 11 is 0. The molecule has 0 aliphatic heterocycles. The van der Waals surface area contributed by atoms with Crippen molar-refractivity contribution in [3.05, 3.63) is 105 Å². The molecule has 1 amide bonds. The number of aryl methyl sites for hydroxylation is 4. The maximum atomic E-state index is 12.3. The van der Waals surface area contributed by atoms with E-state index in [1.54, 1.807) is 18.5 Å². The van der Waals surface area contributed by atoms with Crippen molar-refractivity contribution in [2.45, 2.75) is 27.7 Å². The van der Waals surface area contributed by atoms with Crippen LogP contribution in [-0.4, -0.2) is 30.7 Å². The van der Waals surface area contributed by atoms with Crippen molar-refractivity contribution in [3.8, 4) is 0 Å². The SMILES string of the molecule is Cc1ccc(C(=O)CN=Cc2ccc(/C=N\NC(=O)c3ccc(C)c(C)c3)cc2)cc1C. The van der Waals surface area contributed by atoms with Gasteiger partial charge in [0.05, 0.1) is 6.21 Å². The van der Waals surface area contributed by atoms with E-state index in [-0.39, 0.29) is 18.2 Å². The Morgan fingerprint density at radius 1 is 0.719 bits per heavy atom. The smallest absolute Gasteiger partial charge is 0.271 e. The second kappa shape index (κ2) is 10.4. The number of aliphatic imine (C=N–C) groups is 1. The second-order valence-corrected chi connectivity index (χ2v) is 7.86. The molecule has 3 aromatic rings. The molecule has 0 saturated carbocycles. The fourth-order valence-corrected chi connectivity index (χ4v) is 3.02. The average Bonchev–Trinajstić information content (AvgIpc) is 2.78. The van der Waals surface area contributed by atoms with Crippen LogP contribution in [-0.2, 0) is 0 Å². The van der Waals surface area contributed by atoms with Crippen molar-refractivity contribution in [2.75, 3.05) is 6.54 Å². The Labute approximate surface area is 188 Å². The molecule has 1 N–H and O–H groups in total. The molecule has 0 saturated heterocycles. The van der Waals surface area contributed by atoms with E-state index < -0.39 is 0 Å². The van der Waals surface area contributed by atoms with Gasteiger partial charge in [-0.25, -0.2) is 5.43 Å². The highest BCUT2D eigenvalue weighted by Crippen LogP contribution is 2.11. The van der Waals surface area contributed by atoms with Gasteiger partial charge in [-0.2, -0.15) is 5.10 Å². The highest BCUT2D eigenvalue weighted by atomic mass is 16.2. The highest BCUT2D eigenvalue weighted by Gasteiger charge is 2.06. The van der Waals surface area contributed by atoms with Gasteiger partial charge >= 0.3 is 0 Å². The molecule has 5 nitrogen and oxygen atoms in total. The normalized spacial score (nSPS) is 11.2. The zero-order valence-electron chi connectivity index (χ0n) is 18.8. The number of rotatable bonds is 7. The summed E-state index contributed by atoms with van der Waals surface area (Å²) in [4.78, 5) is 28.8. The summed E-state index contributed by atoms with van der Waals surface area (Å²) in [6, 6.07) is 18.8. The Morgan fingerprint density at radius 2 is 1.25 bits per heavy atom. The fourth-order valence-electron chi connectivity index (χ4n) is 3.02. The van der Waals surface area contributed by atoms with Gasteiger partial charge in [0.25, 0.3) is 5.91 Å². The third-order valence-electron chi connectivity index (χ3n) is 5.39. The van der Waals surface area contributed by atoms with Crippen molar-refractivity contribution in [2.24, 2.45) is 10.1 Å². The predicted octanol–water partition coefficient (Wildman–Crippen LogP) is 4.99. The number of carbonyl (C=O) groups is 2. The van der Waals surface area contributed by atoms with Gasteiger partial charge in [-0.3, -0.25) is 14.6 Å². The molecule has 0 aromatic heterocycles. The Morgan fingerprint density at radius 3 is 1.84 bits per heavy atom. The number of carbonyl (C=O) groups excluding carboxylic acids is 2. The number of nitrogens with zero attached hydrogens (tertiary/aromatic N) is 2. The topological polar surface area (TPSA) is 70.9 Å². The minimum atomic E-state index is -0.249. The minimum absolute atomic E-state index is 0.00684. The van der Waals surface area contributed by atoms with Gasteiger partial charge in [0.1, 0.15) is 6.54 Å². The van der Waals surface area contributed by atoms with Crippen LogP contribution >= 0.6 is 0 Å². The zero-order chi connectivity index (χ0) is 23.1. The van der Waals surface area contributed by atoms with Crippen LogP contribution in [0.5, 0.6) is 0 Å². The first kappa shape index (κ1) is 22.8. The van der Waals surface area contributed by atoms with Gasteiger partial charge < -0.3 is 0 Å². The molecule has 3 rings (SSSR count). The number of ketones is 1. The summed E-state index contributed by atoms with van der Waals surface area (Å²) in [7, 11) is 0. The number of amides is 1. The van der Waals surface area contributed by atoms with Crippen LogP contribution in [0.2, 0.25) is 0 Å². The van der Waals surface area contributed by atoms with Gasteiger partial charge in [-0.05, 0) is 79.3 Å². The quantitative estimate of drug-likeness (QED) is 0.329. The fraction of sp³-hybridized carbons (Fsp3) is 0.185. The lowest BCUT2D eigenvalue weighted by Gasteiger charge is -2.03. The Hall–Kier alpha value is -3.86. The third-order valence-corrected chi connectivity index (χ3v) is 5.39. The van der Waals surface area contributed by atoms with Crippen LogP contribution in [0.3, 0.4) is 0 Å². The Kier molecular flexibility index (Phi) is 7.45. The van der Waals surface area contributed by atoms with Crippen LogP contribution in [0.1, 0.15) is 54.1 Å². The van der Waals surface area contributed by atoms with Crippen LogP contribution < -0.4 is 5.43 Å². The van der Waals surface area contributed by atoms with Crippen LogP contribution in [0.15, 0.2) is 70.8 Å². The number of hydrazone groups is 1. The first-order valence-electron chi connectivity index (χ1n) is 10.4. The molecule has 32 heavy (non-hydrogen) atoms. The van der Waals surface area contributed by atoms with Crippen LogP contribution in [0.4, 0.5) is 0 Å². The predicted molar refractivity (Wildman–Crippen MR) is 130 cm³/mol. The van der Waals surface area contributed by atoms with Gasteiger partial charge in [-0.15, -0.1) is 0 Å². The van der Waals surface area contributed by atoms with Gasteiger partial charge in [0.15, 0.2) is 5.78 Å². The molecule has 0 aliphatic carbocycles. The van der Waals surface area contributed by atoms with Crippen molar-refractivity contribution in [1.82, 2.24) is 5.43 Å². The first-order chi connectivity index (χ1) is 15.3. The molecule has 0 aliphatic rings. The van der Waals surface area contributed by atoms with Crippen molar-refractivity contribution in [1.29, 1.82) is 0 Å². The average molecular weight is 426 g/mol. The molecule has 0 unspecified atom stereocenters. The van der Waals surface area contributed by atoms with E-state index in [4.69, 9.17) is 0 Å². The number of benzene rings is 3. The van der Waals surface area contributed by atoms with Gasteiger partial charge in [0, 0.05) is 17.3 Å². The summed E-state index contributed by atoms with van der Waals surface area (Å²) in [6.07, 6.45) is 3.27. The van der Waals surface area contributed by atoms with E-state index >= 15 is 0 Å². The molecular weight excluding hydrogens is 398 g/mol. The van der Waals surface area contributed by atoms with Crippen molar-refractivity contribution < 1.29 is 9.59 Å². The maximum Gasteiger partial charge on any atom is 0.271 e. The number of hydrogen-bond acceptors (Lipinski definition) is 4. The first-order valence-corrected chi connectivity index (χ1v) is 10.4. The van der Waals surface area contributed by atoms with Gasteiger partial charge in [-0.1, -0.05) is 42.5 Å². The van der Waals surface area contributed by atoms with E-state index in [9.17, 15) is 9.59 Å². The van der Waals surface area contributed by atoms with E-state index in [0.29, 0.717) is 11.1 Å². The zero-order valence-corrected chi connectivity index (χ0v) is 18.8. The summed E-state index contributed by atoms with van der Waals surface area (Å²) < 4.78 is 0. The molecule has 0 heterocycles. The monoisotopic (exact) mass is 425 g/mol. The Bertz CT molecular complexity index is 1100. The molecule has 162 valence electrons. The summed E-state index contributed by atoms with van der Waals surface area (Å²) in [5, 5.41) is 4.03. The molecule has 0 radical (unpaired) electrons. The van der Waals surface area contributed by atoms with Crippen LogP contribution in [0, 0.1) is 27.7 Å². The molecule has 5 heteroatoms. The van der Waals surface area contributed by atoms with Gasteiger partial charge in [0.2, 0.25) is 0 Å². The summed E-state index contributed by atoms with van der Waals surface area (Å²) in [5.41, 5.74) is 10.00. The molecule has 0 fully saturated rings. The molecule has 3 aromatic carbocycles. The van der Waals surface area contributed by atoms with Crippen molar-refractivity contribution in [3.63, 3.8) is 0 Å². The molecule has 0 spiro atoms. The lowest BCUT2D eigenvalue weighted by atomic mass is 10.0. The second-order valence-electron chi connectivity index (χ2n) is 7.86. The molecule has 0 bridgehead atoms. The number of hydrogen-bond donors (Lipinski definition) is 1. The number of Topliss-reactive ketones (excluding diaryl/α,β-unsaturated/α-hetero) is 1. The largest absolute Gasteiger partial charge is 0.292 e.